The van der Waals surface area contributed by atoms with E-state index in [0.717, 1.165) is 13.0 Å². The third-order valence-corrected chi connectivity index (χ3v) is 8.55. The first-order valence-electron chi connectivity index (χ1n) is 13.8. The van der Waals surface area contributed by atoms with Crippen molar-refractivity contribution >= 4 is 16.8 Å². The second-order valence-electron chi connectivity index (χ2n) is 10.5. The Morgan fingerprint density at radius 3 is 2.36 bits per heavy atom. The molecular formula is C38H31N. The summed E-state index contributed by atoms with van der Waals surface area (Å²) >= 11 is 0. The van der Waals surface area contributed by atoms with Crippen molar-refractivity contribution in [3.8, 4) is 22.3 Å². The normalized spacial score (nSPS) is 17.3. The quantitative estimate of drug-likeness (QED) is 0.253. The Bertz CT molecular complexity index is 1800. The number of fused-ring (bicyclic) bond motifs is 4. The van der Waals surface area contributed by atoms with Gasteiger partial charge in [0.1, 0.15) is 0 Å². The third kappa shape index (κ3) is 3.47. The van der Waals surface area contributed by atoms with E-state index in [1.54, 1.807) is 0 Å². The number of aryl methyl sites for hydroxylation is 1. The molecule has 1 atom stereocenters. The van der Waals surface area contributed by atoms with Crippen LogP contribution in [0.5, 0.6) is 0 Å². The van der Waals surface area contributed by atoms with Gasteiger partial charge in [0.05, 0.1) is 5.41 Å². The monoisotopic (exact) mass is 501 g/mol. The standard InChI is InChI=1S/C38H31N/c1-3-26-16-17-29-23-27(18-20-33(29)32(26)4-2)28-19-21-35-34-14-8-9-15-36(34)38(37(35)24-28,30-11-6-5-7-12-30)31-13-10-22-39-25-31/h4-21,23-25,39H,2-3,22H2,1H3. The second-order valence-corrected chi connectivity index (χ2v) is 10.5. The summed E-state index contributed by atoms with van der Waals surface area (Å²) in [6.45, 7) is 7.16. The minimum atomic E-state index is -0.393. The summed E-state index contributed by atoms with van der Waals surface area (Å²) in [7, 11) is 0. The molecule has 1 aliphatic heterocycles. The molecule has 0 amide bonds. The molecule has 5 aromatic rings. The largest absolute Gasteiger partial charge is 0.387 e. The van der Waals surface area contributed by atoms with Gasteiger partial charge in [-0.25, -0.2) is 0 Å². The third-order valence-electron chi connectivity index (χ3n) is 8.55. The van der Waals surface area contributed by atoms with Crippen LogP contribution < -0.4 is 5.32 Å². The Morgan fingerprint density at radius 1 is 0.795 bits per heavy atom. The van der Waals surface area contributed by atoms with Gasteiger partial charge in [0, 0.05) is 12.7 Å². The van der Waals surface area contributed by atoms with Crippen LogP contribution in [0.3, 0.4) is 0 Å². The molecule has 0 saturated heterocycles. The van der Waals surface area contributed by atoms with Crippen molar-refractivity contribution in [2.45, 2.75) is 18.8 Å². The summed E-state index contributed by atoms with van der Waals surface area (Å²) in [6, 6.07) is 38.3. The Kier molecular flexibility index (Phi) is 5.60. The van der Waals surface area contributed by atoms with Crippen LogP contribution >= 0.6 is 0 Å². The van der Waals surface area contributed by atoms with E-state index in [0.29, 0.717) is 0 Å². The lowest BCUT2D eigenvalue weighted by molar-refractivity contribution is 0.745. The molecule has 1 heteroatoms. The molecule has 0 radical (unpaired) electrons. The van der Waals surface area contributed by atoms with Gasteiger partial charge >= 0.3 is 0 Å². The molecule has 1 heterocycles. The van der Waals surface area contributed by atoms with E-state index in [1.807, 2.05) is 6.08 Å². The zero-order chi connectivity index (χ0) is 26.4. The summed E-state index contributed by atoms with van der Waals surface area (Å²) in [4.78, 5) is 0. The van der Waals surface area contributed by atoms with E-state index in [4.69, 9.17) is 0 Å². The zero-order valence-corrected chi connectivity index (χ0v) is 22.2. The minimum absolute atomic E-state index is 0.393. The molecule has 188 valence electrons. The van der Waals surface area contributed by atoms with Crippen molar-refractivity contribution in [3.63, 3.8) is 0 Å². The Hall–Kier alpha value is -4.62. The molecule has 0 aromatic heterocycles. The van der Waals surface area contributed by atoms with E-state index in [9.17, 15) is 0 Å². The first kappa shape index (κ1) is 23.5. The van der Waals surface area contributed by atoms with Gasteiger partial charge in [-0.1, -0.05) is 123 Å². The molecule has 39 heavy (non-hydrogen) atoms. The molecule has 0 fully saturated rings. The van der Waals surface area contributed by atoms with Gasteiger partial charge in [0.2, 0.25) is 0 Å². The molecule has 0 bridgehead atoms. The van der Waals surface area contributed by atoms with Gasteiger partial charge < -0.3 is 5.32 Å². The van der Waals surface area contributed by atoms with Gasteiger partial charge in [-0.05, 0) is 85.0 Å². The highest BCUT2D eigenvalue weighted by Gasteiger charge is 2.47. The number of dihydropyridines is 1. The average molecular weight is 502 g/mol. The van der Waals surface area contributed by atoms with E-state index in [2.05, 4.69) is 140 Å². The summed E-state index contributed by atoms with van der Waals surface area (Å²) in [6.07, 6.45) is 9.76. The Balaban J connectivity index is 1.49. The van der Waals surface area contributed by atoms with Crippen molar-refractivity contribution in [3.05, 3.63) is 161 Å². The number of allylic oxidation sites excluding steroid dienone is 2. The van der Waals surface area contributed by atoms with Crippen molar-refractivity contribution in [2.24, 2.45) is 0 Å². The fourth-order valence-corrected chi connectivity index (χ4v) is 6.77. The molecule has 1 unspecified atom stereocenters. The van der Waals surface area contributed by atoms with Crippen molar-refractivity contribution in [1.29, 1.82) is 0 Å². The van der Waals surface area contributed by atoms with Gasteiger partial charge in [0.25, 0.3) is 0 Å². The van der Waals surface area contributed by atoms with Crippen molar-refractivity contribution < 1.29 is 0 Å². The lowest BCUT2D eigenvalue weighted by Gasteiger charge is -2.35. The molecule has 0 spiro atoms. The molecule has 1 nitrogen and oxygen atoms in total. The zero-order valence-electron chi connectivity index (χ0n) is 22.2. The predicted octanol–water partition coefficient (Wildman–Crippen LogP) is 9.07. The molecule has 2 aliphatic rings. The number of nitrogens with one attached hydrogen (secondary N) is 1. The van der Waals surface area contributed by atoms with Crippen LogP contribution in [0.15, 0.2) is 134 Å². The van der Waals surface area contributed by atoms with E-state index in [1.165, 1.54) is 66.4 Å². The lowest BCUT2D eigenvalue weighted by Crippen LogP contribution is -2.31. The number of hydrogen-bond acceptors (Lipinski definition) is 1. The molecule has 0 saturated carbocycles. The molecule has 1 aliphatic carbocycles. The highest BCUT2D eigenvalue weighted by molar-refractivity contribution is 5.95. The second kappa shape index (κ2) is 9.29. The maximum Gasteiger partial charge on any atom is 0.0727 e. The average Bonchev–Trinajstić information content (AvgIpc) is 3.31. The van der Waals surface area contributed by atoms with E-state index >= 15 is 0 Å². The Labute approximate surface area is 230 Å². The van der Waals surface area contributed by atoms with E-state index in [-0.39, 0.29) is 0 Å². The van der Waals surface area contributed by atoms with Crippen molar-refractivity contribution in [1.82, 2.24) is 5.32 Å². The molecule has 1 N–H and O–H groups in total. The number of hydrogen-bond donors (Lipinski definition) is 1. The van der Waals surface area contributed by atoms with Gasteiger partial charge in [-0.2, -0.15) is 0 Å². The van der Waals surface area contributed by atoms with Crippen LogP contribution in [0.2, 0.25) is 0 Å². The van der Waals surface area contributed by atoms with Crippen LogP contribution in [0.4, 0.5) is 0 Å². The summed E-state index contributed by atoms with van der Waals surface area (Å²) in [5.74, 6) is 0. The van der Waals surface area contributed by atoms with E-state index < -0.39 is 5.41 Å². The number of rotatable bonds is 5. The van der Waals surface area contributed by atoms with Gasteiger partial charge in [-0.3, -0.25) is 0 Å². The lowest BCUT2D eigenvalue weighted by atomic mass is 9.66. The summed E-state index contributed by atoms with van der Waals surface area (Å²) in [5.41, 5.74) is 12.5. The summed E-state index contributed by atoms with van der Waals surface area (Å²) in [5, 5.41) is 6.01. The van der Waals surface area contributed by atoms with Crippen LogP contribution in [-0.2, 0) is 11.8 Å². The fourth-order valence-electron chi connectivity index (χ4n) is 6.77. The number of benzene rings is 5. The van der Waals surface area contributed by atoms with Crippen LogP contribution in [0, 0.1) is 0 Å². The molecular weight excluding hydrogens is 470 g/mol. The predicted molar refractivity (Wildman–Crippen MR) is 166 cm³/mol. The van der Waals surface area contributed by atoms with Gasteiger partial charge in [-0.15, -0.1) is 0 Å². The van der Waals surface area contributed by atoms with Crippen LogP contribution in [0.25, 0.3) is 39.1 Å². The topological polar surface area (TPSA) is 12.0 Å². The first-order valence-corrected chi connectivity index (χ1v) is 13.8. The maximum atomic E-state index is 4.10. The Morgan fingerprint density at radius 2 is 1.56 bits per heavy atom. The van der Waals surface area contributed by atoms with Crippen LogP contribution in [-0.4, -0.2) is 6.54 Å². The fraction of sp³-hybridized carbons (Fsp3) is 0.105. The van der Waals surface area contributed by atoms with Crippen LogP contribution in [0.1, 0.15) is 34.7 Å². The van der Waals surface area contributed by atoms with Crippen molar-refractivity contribution in [2.75, 3.05) is 6.54 Å². The SMILES string of the molecule is C=Cc1c(CC)ccc2cc(-c3ccc4c(c3)C(C3=CNCC=C3)(c3ccccc3)c3ccccc3-4)ccc12. The molecule has 7 rings (SSSR count). The first-order chi connectivity index (χ1) is 19.3. The smallest absolute Gasteiger partial charge is 0.0727 e. The highest BCUT2D eigenvalue weighted by Crippen LogP contribution is 2.57. The minimum Gasteiger partial charge on any atom is -0.387 e. The molecule has 5 aromatic carbocycles. The summed E-state index contributed by atoms with van der Waals surface area (Å²) < 4.78 is 0. The maximum absolute atomic E-state index is 4.10. The van der Waals surface area contributed by atoms with Gasteiger partial charge in [0.15, 0.2) is 0 Å². The highest BCUT2D eigenvalue weighted by atomic mass is 14.8.